The summed E-state index contributed by atoms with van der Waals surface area (Å²) in [6.45, 7) is 0. The molecule has 5 heteroatoms. The van der Waals surface area contributed by atoms with Crippen LogP contribution in [0.4, 0.5) is 5.69 Å². The normalized spacial score (nSPS) is 13.9. The van der Waals surface area contributed by atoms with Gasteiger partial charge in [-0.15, -0.1) is 0 Å². The third-order valence-electron chi connectivity index (χ3n) is 3.42. The van der Waals surface area contributed by atoms with E-state index in [4.69, 9.17) is 21.7 Å². The summed E-state index contributed by atoms with van der Waals surface area (Å²) >= 11 is 6.19. The Labute approximate surface area is 135 Å². The van der Waals surface area contributed by atoms with Crippen molar-refractivity contribution in [3.05, 3.63) is 64.7 Å². The van der Waals surface area contributed by atoms with Crippen LogP contribution in [0.15, 0.2) is 58.6 Å². The van der Waals surface area contributed by atoms with Crippen LogP contribution < -0.4 is 0 Å². The van der Waals surface area contributed by atoms with Gasteiger partial charge in [0.2, 0.25) is 5.96 Å². The summed E-state index contributed by atoms with van der Waals surface area (Å²) in [4.78, 5) is 6.67. The molecule has 1 heterocycles. The second-order valence-corrected chi connectivity index (χ2v) is 5.74. The molecule has 1 aliphatic rings. The molecule has 0 radical (unpaired) electrons. The summed E-state index contributed by atoms with van der Waals surface area (Å²) in [7, 11) is 5.80. The van der Waals surface area contributed by atoms with Crippen molar-refractivity contribution in [2.75, 3.05) is 21.1 Å². The first-order valence-corrected chi connectivity index (χ1v) is 7.38. The monoisotopic (exact) mass is 312 g/mol. The van der Waals surface area contributed by atoms with Gasteiger partial charge < -0.3 is 4.90 Å². The van der Waals surface area contributed by atoms with Crippen LogP contribution in [0.1, 0.15) is 11.1 Å². The lowest BCUT2D eigenvalue weighted by atomic mass is 10.0. The van der Waals surface area contributed by atoms with E-state index in [0.29, 0.717) is 5.02 Å². The van der Waals surface area contributed by atoms with Gasteiger partial charge in [-0.3, -0.25) is 0 Å². The number of nitrogens with zero attached hydrogens (tertiary/aromatic N) is 4. The van der Waals surface area contributed by atoms with Gasteiger partial charge in [-0.1, -0.05) is 41.9 Å². The molecule has 4 nitrogen and oxygen atoms in total. The highest BCUT2D eigenvalue weighted by Gasteiger charge is 2.20. The third-order valence-corrected chi connectivity index (χ3v) is 3.66. The molecule has 1 aliphatic heterocycles. The maximum atomic E-state index is 6.19. The van der Waals surface area contributed by atoms with Crippen LogP contribution in [0.2, 0.25) is 5.02 Å². The van der Waals surface area contributed by atoms with E-state index >= 15 is 0 Å². The fraction of sp³-hybridized carbons (Fsp3) is 0.176. The minimum Gasteiger partial charge on any atom is -0.347 e. The topological polar surface area (TPSA) is 31.2 Å². The van der Waals surface area contributed by atoms with Crippen molar-refractivity contribution in [1.29, 1.82) is 0 Å². The van der Waals surface area contributed by atoms with Gasteiger partial charge in [0, 0.05) is 37.3 Å². The standard InChI is InChI=1S/C17H17ClN4/c1-21(2)17-19-15-10-9-13(18)11-14(15)16(20-22(17)3)12-7-5-4-6-8-12/h4-11H,1-3H3. The maximum Gasteiger partial charge on any atom is 0.221 e. The number of aliphatic imine (C=N–C) groups is 1. The van der Waals surface area contributed by atoms with E-state index < -0.39 is 0 Å². The molecule has 0 spiro atoms. The van der Waals surface area contributed by atoms with Crippen molar-refractivity contribution < 1.29 is 0 Å². The Morgan fingerprint density at radius 3 is 2.45 bits per heavy atom. The summed E-state index contributed by atoms with van der Waals surface area (Å²) in [6.07, 6.45) is 0. The van der Waals surface area contributed by atoms with Gasteiger partial charge >= 0.3 is 0 Å². The van der Waals surface area contributed by atoms with Crippen molar-refractivity contribution >= 4 is 29.0 Å². The van der Waals surface area contributed by atoms with E-state index in [2.05, 4.69) is 0 Å². The lowest BCUT2D eigenvalue weighted by molar-refractivity contribution is 0.446. The Morgan fingerprint density at radius 2 is 1.77 bits per heavy atom. The molecule has 2 aromatic carbocycles. The fourth-order valence-electron chi connectivity index (χ4n) is 2.42. The molecule has 0 saturated carbocycles. The Kier molecular flexibility index (Phi) is 3.86. The molecular weight excluding hydrogens is 296 g/mol. The first kappa shape index (κ1) is 14.6. The summed E-state index contributed by atoms with van der Waals surface area (Å²) in [6, 6.07) is 15.8. The third kappa shape index (κ3) is 2.70. The Balaban J connectivity index is 2.24. The predicted molar refractivity (Wildman–Crippen MR) is 92.1 cm³/mol. The quantitative estimate of drug-likeness (QED) is 0.806. The first-order chi connectivity index (χ1) is 10.6. The summed E-state index contributed by atoms with van der Waals surface area (Å²) in [5, 5.41) is 7.21. The van der Waals surface area contributed by atoms with Gasteiger partial charge in [-0.05, 0) is 18.2 Å². The highest BCUT2D eigenvalue weighted by Crippen LogP contribution is 2.29. The fourth-order valence-corrected chi connectivity index (χ4v) is 2.59. The summed E-state index contributed by atoms with van der Waals surface area (Å²) in [5.74, 6) is 0.773. The van der Waals surface area contributed by atoms with E-state index in [0.717, 1.165) is 28.5 Å². The molecule has 2 aromatic rings. The van der Waals surface area contributed by atoms with E-state index in [-0.39, 0.29) is 0 Å². The summed E-state index contributed by atoms with van der Waals surface area (Å²) < 4.78 is 0. The Morgan fingerprint density at radius 1 is 1.05 bits per heavy atom. The van der Waals surface area contributed by atoms with E-state index in [1.165, 1.54) is 0 Å². The van der Waals surface area contributed by atoms with Gasteiger partial charge in [-0.25, -0.2) is 10.0 Å². The van der Waals surface area contributed by atoms with E-state index in [1.54, 1.807) is 5.01 Å². The van der Waals surface area contributed by atoms with Gasteiger partial charge in [0.15, 0.2) is 0 Å². The molecule has 0 unspecified atom stereocenters. The van der Waals surface area contributed by atoms with E-state index in [9.17, 15) is 0 Å². The van der Waals surface area contributed by atoms with Crippen LogP contribution in [0.25, 0.3) is 0 Å². The zero-order valence-electron chi connectivity index (χ0n) is 12.8. The molecule has 0 amide bonds. The largest absolute Gasteiger partial charge is 0.347 e. The van der Waals surface area contributed by atoms with E-state index in [1.807, 2.05) is 74.6 Å². The molecule has 0 atom stereocenters. The van der Waals surface area contributed by atoms with Crippen molar-refractivity contribution in [3.8, 4) is 0 Å². The number of hydrogen-bond donors (Lipinski definition) is 0. The van der Waals surface area contributed by atoms with Gasteiger partial charge in [-0.2, -0.15) is 5.10 Å². The van der Waals surface area contributed by atoms with Crippen LogP contribution in [-0.4, -0.2) is 42.7 Å². The molecule has 22 heavy (non-hydrogen) atoms. The van der Waals surface area contributed by atoms with Gasteiger partial charge in [0.25, 0.3) is 0 Å². The van der Waals surface area contributed by atoms with Crippen molar-refractivity contribution in [2.45, 2.75) is 0 Å². The Hall–Kier alpha value is -2.33. The predicted octanol–water partition coefficient (Wildman–Crippen LogP) is 3.59. The molecule has 112 valence electrons. The molecule has 0 bridgehead atoms. The zero-order valence-corrected chi connectivity index (χ0v) is 13.5. The number of fused-ring (bicyclic) bond motifs is 1. The lowest BCUT2D eigenvalue weighted by Crippen LogP contribution is -2.34. The number of benzene rings is 2. The zero-order chi connectivity index (χ0) is 15.7. The average molecular weight is 313 g/mol. The molecule has 0 aromatic heterocycles. The second kappa shape index (κ2) is 5.81. The van der Waals surface area contributed by atoms with Crippen LogP contribution in [-0.2, 0) is 0 Å². The average Bonchev–Trinajstić information content (AvgIpc) is 2.65. The van der Waals surface area contributed by atoms with Gasteiger partial charge in [0.1, 0.15) is 5.71 Å². The van der Waals surface area contributed by atoms with Crippen molar-refractivity contribution in [1.82, 2.24) is 9.91 Å². The minimum absolute atomic E-state index is 0.675. The van der Waals surface area contributed by atoms with Crippen LogP contribution in [0.3, 0.4) is 0 Å². The van der Waals surface area contributed by atoms with Crippen LogP contribution in [0, 0.1) is 0 Å². The number of hydrogen-bond acceptors (Lipinski definition) is 4. The number of rotatable bonds is 1. The van der Waals surface area contributed by atoms with Gasteiger partial charge in [0.05, 0.1) is 5.69 Å². The van der Waals surface area contributed by atoms with Crippen molar-refractivity contribution in [2.24, 2.45) is 10.1 Å². The van der Waals surface area contributed by atoms with Crippen LogP contribution >= 0.6 is 11.6 Å². The second-order valence-electron chi connectivity index (χ2n) is 5.31. The summed E-state index contributed by atoms with van der Waals surface area (Å²) in [5.41, 5.74) is 3.69. The number of hydrazone groups is 1. The SMILES string of the molecule is CN(C)C1=Nc2ccc(Cl)cc2C(c2ccccc2)=NN1C. The smallest absolute Gasteiger partial charge is 0.221 e. The molecular formula is C17H17ClN4. The highest BCUT2D eigenvalue weighted by molar-refractivity contribution is 6.31. The molecule has 3 rings (SSSR count). The highest BCUT2D eigenvalue weighted by atomic mass is 35.5. The molecule has 0 N–H and O–H groups in total. The minimum atomic E-state index is 0.675. The lowest BCUT2D eigenvalue weighted by Gasteiger charge is -2.21. The van der Waals surface area contributed by atoms with Crippen molar-refractivity contribution in [3.63, 3.8) is 0 Å². The molecule has 0 aliphatic carbocycles. The number of halogens is 1. The molecule has 0 saturated heterocycles. The van der Waals surface area contributed by atoms with Crippen LogP contribution in [0.5, 0.6) is 0 Å². The Bertz CT molecular complexity index is 751. The first-order valence-electron chi connectivity index (χ1n) is 7.00. The maximum absolute atomic E-state index is 6.19. The number of guanidine groups is 1. The molecule has 0 fully saturated rings.